The molecule has 0 bridgehead atoms. The summed E-state index contributed by atoms with van der Waals surface area (Å²) < 4.78 is 0. The molecule has 4 nitrogen and oxygen atoms in total. The van der Waals surface area contributed by atoms with Gasteiger partial charge in [0, 0.05) is 28.9 Å². The molecule has 5 heteroatoms. The molecule has 0 radical (unpaired) electrons. The van der Waals surface area contributed by atoms with E-state index in [9.17, 15) is 10.1 Å². The summed E-state index contributed by atoms with van der Waals surface area (Å²) in [6, 6.07) is 19.7. The Bertz CT molecular complexity index is 1000. The Balaban J connectivity index is 1.63. The Kier molecular flexibility index (Phi) is 6.10. The van der Waals surface area contributed by atoms with Gasteiger partial charge >= 0.3 is 0 Å². The standard InChI is InChI=1S/C22H21N3OS/c1-15(2)19-11-10-17(14-23)22(25-19)27-13-12-21(26)24-20-9-5-7-16-6-3-4-8-18(16)20/h3-11,15H,12-13H2,1-2H3,(H,24,26). The molecule has 0 spiro atoms. The number of nitrogens with zero attached hydrogens (tertiary/aromatic N) is 2. The van der Waals surface area contributed by atoms with Crippen molar-refractivity contribution >= 4 is 34.1 Å². The Hall–Kier alpha value is -2.84. The SMILES string of the molecule is CC(C)c1ccc(C#N)c(SCCC(=O)Nc2cccc3ccccc23)n1. The van der Waals surface area contributed by atoms with Crippen LogP contribution in [0.5, 0.6) is 0 Å². The van der Waals surface area contributed by atoms with E-state index in [4.69, 9.17) is 0 Å². The van der Waals surface area contributed by atoms with Gasteiger partial charge < -0.3 is 5.32 Å². The van der Waals surface area contributed by atoms with Crippen molar-refractivity contribution in [3.8, 4) is 6.07 Å². The highest BCUT2D eigenvalue weighted by Crippen LogP contribution is 2.25. The molecule has 2 aromatic carbocycles. The predicted molar refractivity (Wildman–Crippen MR) is 111 cm³/mol. The maximum Gasteiger partial charge on any atom is 0.225 e. The van der Waals surface area contributed by atoms with Crippen LogP contribution in [-0.4, -0.2) is 16.6 Å². The van der Waals surface area contributed by atoms with Gasteiger partial charge in [-0.05, 0) is 29.5 Å². The first-order valence-corrected chi connectivity index (χ1v) is 9.88. The number of nitrogens with one attached hydrogen (secondary N) is 1. The third-order valence-electron chi connectivity index (χ3n) is 4.23. The molecular formula is C22H21N3OS. The fourth-order valence-corrected chi connectivity index (χ4v) is 3.68. The number of pyridine rings is 1. The summed E-state index contributed by atoms with van der Waals surface area (Å²) in [5.41, 5.74) is 2.33. The van der Waals surface area contributed by atoms with Gasteiger partial charge in [0.25, 0.3) is 0 Å². The van der Waals surface area contributed by atoms with Crippen molar-refractivity contribution in [2.24, 2.45) is 0 Å². The lowest BCUT2D eigenvalue weighted by Gasteiger charge is -2.10. The first-order valence-electron chi connectivity index (χ1n) is 8.90. The molecule has 3 aromatic rings. The molecule has 136 valence electrons. The lowest BCUT2D eigenvalue weighted by atomic mass is 10.1. The van der Waals surface area contributed by atoms with Gasteiger partial charge in [-0.2, -0.15) is 5.26 Å². The smallest absolute Gasteiger partial charge is 0.225 e. The molecule has 0 unspecified atom stereocenters. The van der Waals surface area contributed by atoms with Gasteiger partial charge in [0.2, 0.25) is 5.91 Å². The normalized spacial score (nSPS) is 10.7. The van der Waals surface area contributed by atoms with Gasteiger partial charge in [0.05, 0.1) is 5.56 Å². The number of hydrogen-bond acceptors (Lipinski definition) is 4. The van der Waals surface area contributed by atoms with Crippen LogP contribution in [0, 0.1) is 11.3 Å². The zero-order valence-corrected chi connectivity index (χ0v) is 16.2. The minimum atomic E-state index is -0.0441. The van der Waals surface area contributed by atoms with E-state index < -0.39 is 0 Å². The van der Waals surface area contributed by atoms with Crippen LogP contribution in [0.3, 0.4) is 0 Å². The van der Waals surface area contributed by atoms with E-state index in [0.29, 0.717) is 28.7 Å². The summed E-state index contributed by atoms with van der Waals surface area (Å²) in [6.07, 6.45) is 0.354. The Labute approximate surface area is 163 Å². The van der Waals surface area contributed by atoms with Gasteiger partial charge in [-0.25, -0.2) is 4.98 Å². The number of thioether (sulfide) groups is 1. The van der Waals surface area contributed by atoms with Crippen LogP contribution in [0.15, 0.2) is 59.6 Å². The Morgan fingerprint density at radius 1 is 1.15 bits per heavy atom. The van der Waals surface area contributed by atoms with Crippen LogP contribution in [-0.2, 0) is 4.79 Å². The molecule has 0 aliphatic carbocycles. The van der Waals surface area contributed by atoms with E-state index >= 15 is 0 Å². The molecule has 1 amide bonds. The second-order valence-electron chi connectivity index (χ2n) is 6.53. The van der Waals surface area contributed by atoms with Gasteiger partial charge in [0.15, 0.2) is 0 Å². The second-order valence-corrected chi connectivity index (χ2v) is 7.61. The van der Waals surface area contributed by atoms with Crippen LogP contribution < -0.4 is 5.32 Å². The average molecular weight is 375 g/mol. The Morgan fingerprint density at radius 2 is 1.93 bits per heavy atom. The minimum absolute atomic E-state index is 0.0441. The van der Waals surface area contributed by atoms with Crippen LogP contribution in [0.1, 0.15) is 37.4 Å². The van der Waals surface area contributed by atoms with E-state index in [1.54, 1.807) is 6.07 Å². The molecule has 1 heterocycles. The van der Waals surface area contributed by atoms with Crippen LogP contribution in [0.2, 0.25) is 0 Å². The molecule has 0 aliphatic rings. The minimum Gasteiger partial charge on any atom is -0.325 e. The summed E-state index contributed by atoms with van der Waals surface area (Å²) in [4.78, 5) is 16.9. The lowest BCUT2D eigenvalue weighted by Crippen LogP contribution is -2.12. The van der Waals surface area contributed by atoms with Crippen molar-refractivity contribution in [1.82, 2.24) is 4.98 Å². The van der Waals surface area contributed by atoms with E-state index in [1.807, 2.05) is 48.5 Å². The van der Waals surface area contributed by atoms with Crippen LogP contribution in [0.25, 0.3) is 10.8 Å². The number of aromatic nitrogens is 1. The van der Waals surface area contributed by atoms with Crippen molar-refractivity contribution < 1.29 is 4.79 Å². The van der Waals surface area contributed by atoms with Gasteiger partial charge in [0.1, 0.15) is 11.1 Å². The molecule has 27 heavy (non-hydrogen) atoms. The number of benzene rings is 2. The van der Waals surface area contributed by atoms with Crippen molar-refractivity contribution in [2.75, 3.05) is 11.1 Å². The van der Waals surface area contributed by atoms with Crippen molar-refractivity contribution in [3.63, 3.8) is 0 Å². The van der Waals surface area contributed by atoms with E-state index in [-0.39, 0.29) is 5.91 Å². The predicted octanol–water partition coefficient (Wildman–Crippen LogP) is 5.35. The van der Waals surface area contributed by atoms with Crippen LogP contribution in [0.4, 0.5) is 5.69 Å². The summed E-state index contributed by atoms with van der Waals surface area (Å²) >= 11 is 1.45. The molecule has 1 aromatic heterocycles. The third kappa shape index (κ3) is 4.66. The molecule has 0 fully saturated rings. The van der Waals surface area contributed by atoms with Gasteiger partial charge in [-0.15, -0.1) is 11.8 Å². The summed E-state index contributed by atoms with van der Waals surface area (Å²) in [5.74, 6) is 0.823. The number of anilines is 1. The van der Waals surface area contributed by atoms with E-state index in [2.05, 4.69) is 30.2 Å². The zero-order valence-electron chi connectivity index (χ0n) is 15.4. The molecular weight excluding hydrogens is 354 g/mol. The number of hydrogen-bond donors (Lipinski definition) is 1. The third-order valence-corrected chi connectivity index (χ3v) is 5.22. The van der Waals surface area contributed by atoms with Gasteiger partial charge in [-0.1, -0.05) is 50.2 Å². The number of fused-ring (bicyclic) bond motifs is 1. The maximum atomic E-state index is 12.4. The monoisotopic (exact) mass is 375 g/mol. The number of nitriles is 1. The average Bonchev–Trinajstić information content (AvgIpc) is 2.68. The number of carbonyl (C=O) groups excluding carboxylic acids is 1. The summed E-state index contributed by atoms with van der Waals surface area (Å²) in [5, 5.41) is 15.1. The van der Waals surface area contributed by atoms with E-state index in [1.165, 1.54) is 11.8 Å². The molecule has 0 atom stereocenters. The van der Waals surface area contributed by atoms with Crippen molar-refractivity contribution in [1.29, 1.82) is 5.26 Å². The molecule has 0 saturated carbocycles. The number of amides is 1. The first-order chi connectivity index (χ1) is 13.1. The van der Waals surface area contributed by atoms with Crippen molar-refractivity contribution in [3.05, 3.63) is 65.9 Å². The lowest BCUT2D eigenvalue weighted by molar-refractivity contribution is -0.115. The van der Waals surface area contributed by atoms with Crippen LogP contribution >= 0.6 is 11.8 Å². The molecule has 0 aliphatic heterocycles. The van der Waals surface area contributed by atoms with E-state index in [0.717, 1.165) is 22.2 Å². The zero-order chi connectivity index (χ0) is 19.2. The summed E-state index contributed by atoms with van der Waals surface area (Å²) in [7, 11) is 0. The Morgan fingerprint density at radius 3 is 2.70 bits per heavy atom. The summed E-state index contributed by atoms with van der Waals surface area (Å²) in [6.45, 7) is 4.14. The topological polar surface area (TPSA) is 65.8 Å². The highest BCUT2D eigenvalue weighted by Gasteiger charge is 2.11. The fraction of sp³-hybridized carbons (Fsp3) is 0.227. The first kappa shape index (κ1) is 18.9. The maximum absolute atomic E-state index is 12.4. The molecule has 3 rings (SSSR count). The number of carbonyl (C=O) groups is 1. The number of rotatable bonds is 6. The second kappa shape index (κ2) is 8.70. The quantitative estimate of drug-likeness (QED) is 0.590. The highest BCUT2D eigenvalue weighted by atomic mass is 32.2. The largest absolute Gasteiger partial charge is 0.325 e. The fourth-order valence-electron chi connectivity index (χ4n) is 2.76. The highest BCUT2D eigenvalue weighted by molar-refractivity contribution is 7.99. The molecule has 1 N–H and O–H groups in total. The van der Waals surface area contributed by atoms with Crippen molar-refractivity contribution in [2.45, 2.75) is 31.2 Å². The molecule has 0 saturated heterocycles. The van der Waals surface area contributed by atoms with Gasteiger partial charge in [-0.3, -0.25) is 4.79 Å².